The molecule has 7 nitrogen and oxygen atoms in total. The van der Waals surface area contributed by atoms with Crippen LogP contribution >= 0.6 is 0 Å². The number of carboxylic acids is 1. The van der Waals surface area contributed by atoms with E-state index in [9.17, 15) is 4.79 Å². The van der Waals surface area contributed by atoms with Crippen LogP contribution in [0.3, 0.4) is 0 Å². The van der Waals surface area contributed by atoms with Crippen molar-refractivity contribution < 1.29 is 24.1 Å². The summed E-state index contributed by atoms with van der Waals surface area (Å²) in [6.07, 6.45) is 5.04. The zero-order valence-corrected chi connectivity index (χ0v) is 21.2. The zero-order chi connectivity index (χ0) is 25.3. The Morgan fingerprint density at radius 3 is 2.42 bits per heavy atom. The lowest BCUT2D eigenvalue weighted by atomic mass is 9.82. The normalized spacial score (nSPS) is 17.7. The fourth-order valence-corrected chi connectivity index (χ4v) is 5.12. The highest BCUT2D eigenvalue weighted by molar-refractivity contribution is 5.83. The molecule has 1 aromatic heterocycles. The van der Waals surface area contributed by atoms with Crippen molar-refractivity contribution in [3.8, 4) is 28.1 Å². The molecule has 0 saturated heterocycles. The molecule has 0 atom stereocenters. The van der Waals surface area contributed by atoms with Crippen LogP contribution in [-0.4, -0.2) is 54.9 Å². The molecule has 0 bridgehead atoms. The largest absolute Gasteiger partial charge is 0.497 e. The van der Waals surface area contributed by atoms with E-state index >= 15 is 0 Å². The van der Waals surface area contributed by atoms with Crippen LogP contribution in [0.5, 0.6) is 5.75 Å². The molecular formula is C29H36N2O5. The lowest BCUT2D eigenvalue weighted by Gasteiger charge is -2.28. The molecule has 1 saturated carbocycles. The Morgan fingerprint density at radius 2 is 1.72 bits per heavy atom. The fraction of sp³-hybridized carbons (Fsp3) is 0.448. The number of carbonyl (C=O) groups is 1. The minimum atomic E-state index is -0.910. The van der Waals surface area contributed by atoms with Crippen LogP contribution in [-0.2, 0) is 27.2 Å². The number of aromatic nitrogens is 2. The lowest BCUT2D eigenvalue weighted by Crippen LogP contribution is -2.24. The molecule has 0 spiro atoms. The van der Waals surface area contributed by atoms with Gasteiger partial charge in [-0.2, -0.15) is 5.10 Å². The van der Waals surface area contributed by atoms with E-state index in [-0.39, 0.29) is 6.61 Å². The van der Waals surface area contributed by atoms with Crippen molar-refractivity contribution in [3.05, 3.63) is 60.3 Å². The highest BCUT2D eigenvalue weighted by Gasteiger charge is 2.26. The fourth-order valence-electron chi connectivity index (χ4n) is 5.12. The first-order chi connectivity index (χ1) is 17.6. The molecule has 36 heavy (non-hydrogen) atoms. The highest BCUT2D eigenvalue weighted by Crippen LogP contribution is 2.38. The second-order valence-electron chi connectivity index (χ2n) is 9.49. The summed E-state index contributed by atoms with van der Waals surface area (Å²) in [5.74, 6) is 0.845. The second-order valence-corrected chi connectivity index (χ2v) is 9.49. The van der Waals surface area contributed by atoms with Gasteiger partial charge in [-0.1, -0.05) is 42.5 Å². The lowest BCUT2D eigenvalue weighted by molar-refractivity contribution is -0.142. The second kappa shape index (κ2) is 12.7. The molecule has 2 aromatic carbocycles. The van der Waals surface area contributed by atoms with Crippen molar-refractivity contribution in [1.82, 2.24) is 9.78 Å². The van der Waals surface area contributed by atoms with E-state index in [0.717, 1.165) is 66.8 Å². The van der Waals surface area contributed by atoms with Crippen LogP contribution in [0.1, 0.15) is 31.4 Å². The van der Waals surface area contributed by atoms with E-state index in [4.69, 9.17) is 24.4 Å². The van der Waals surface area contributed by atoms with Crippen molar-refractivity contribution in [3.63, 3.8) is 0 Å². The van der Waals surface area contributed by atoms with Crippen LogP contribution in [0, 0.1) is 11.8 Å². The van der Waals surface area contributed by atoms with Crippen molar-refractivity contribution in [2.24, 2.45) is 11.8 Å². The Labute approximate surface area is 213 Å². The third-order valence-electron chi connectivity index (χ3n) is 6.98. The maximum atomic E-state index is 10.7. The van der Waals surface area contributed by atoms with Gasteiger partial charge in [-0.3, -0.25) is 4.68 Å². The molecule has 0 amide bonds. The molecule has 1 aliphatic carbocycles. The summed E-state index contributed by atoms with van der Waals surface area (Å²) in [7, 11) is 3.42. The Morgan fingerprint density at radius 1 is 1.00 bits per heavy atom. The van der Waals surface area contributed by atoms with Gasteiger partial charge in [0.15, 0.2) is 0 Å². The van der Waals surface area contributed by atoms with Gasteiger partial charge in [0.2, 0.25) is 0 Å². The van der Waals surface area contributed by atoms with Gasteiger partial charge in [0.1, 0.15) is 18.1 Å². The number of aliphatic carboxylic acids is 1. The molecule has 7 heteroatoms. The number of hydrogen-bond donors (Lipinski definition) is 1. The molecule has 0 aliphatic heterocycles. The molecule has 3 aromatic rings. The summed E-state index contributed by atoms with van der Waals surface area (Å²) in [6, 6.07) is 18.5. The first kappa shape index (κ1) is 25.9. The monoisotopic (exact) mass is 492 g/mol. The maximum absolute atomic E-state index is 10.7. The Bertz CT molecular complexity index is 1120. The molecule has 4 rings (SSSR count). The van der Waals surface area contributed by atoms with Crippen molar-refractivity contribution >= 4 is 5.97 Å². The minimum Gasteiger partial charge on any atom is -0.497 e. The topological polar surface area (TPSA) is 82.8 Å². The predicted molar refractivity (Wildman–Crippen MR) is 139 cm³/mol. The van der Waals surface area contributed by atoms with Gasteiger partial charge in [0.25, 0.3) is 0 Å². The van der Waals surface area contributed by atoms with Crippen LogP contribution in [0.15, 0.2) is 54.6 Å². The zero-order valence-electron chi connectivity index (χ0n) is 21.2. The van der Waals surface area contributed by atoms with Gasteiger partial charge in [-0.25, -0.2) is 4.79 Å². The minimum absolute atomic E-state index is 0.217. The predicted octanol–water partition coefficient (Wildman–Crippen LogP) is 5.32. The standard InChI is InChI=1S/C29H36N2O5/c1-34-16-15-26-28(23-7-4-3-5-8-23)29(24-9-6-10-25(17-24)35-2)30-31(26)18-21-11-13-22(14-12-21)19-36-20-27(32)33/h3-10,17,21-22H,11-16,18-20H2,1-2H3,(H,32,33)/t21-,22-. The number of ether oxygens (including phenoxy) is 3. The summed E-state index contributed by atoms with van der Waals surface area (Å²) >= 11 is 0. The number of rotatable bonds is 12. The van der Waals surface area contributed by atoms with Gasteiger partial charge in [0.05, 0.1) is 20.3 Å². The smallest absolute Gasteiger partial charge is 0.329 e. The van der Waals surface area contributed by atoms with E-state index < -0.39 is 5.97 Å². The van der Waals surface area contributed by atoms with Gasteiger partial charge < -0.3 is 19.3 Å². The average Bonchev–Trinajstić information content (AvgIpc) is 3.26. The van der Waals surface area contributed by atoms with Gasteiger partial charge in [-0.05, 0) is 55.2 Å². The number of carboxylic acid groups (broad SMARTS) is 1. The van der Waals surface area contributed by atoms with Crippen LogP contribution in [0.4, 0.5) is 0 Å². The number of hydrogen-bond acceptors (Lipinski definition) is 5. The van der Waals surface area contributed by atoms with Crippen LogP contribution in [0.25, 0.3) is 22.4 Å². The van der Waals surface area contributed by atoms with E-state index in [1.54, 1.807) is 14.2 Å². The third kappa shape index (κ3) is 6.53. The van der Waals surface area contributed by atoms with Gasteiger partial charge >= 0.3 is 5.97 Å². The van der Waals surface area contributed by atoms with E-state index in [0.29, 0.717) is 25.0 Å². The van der Waals surface area contributed by atoms with Crippen molar-refractivity contribution in [2.45, 2.75) is 38.6 Å². The molecule has 1 fully saturated rings. The number of benzene rings is 2. The van der Waals surface area contributed by atoms with E-state index in [1.807, 2.05) is 24.3 Å². The van der Waals surface area contributed by atoms with Crippen LogP contribution < -0.4 is 4.74 Å². The maximum Gasteiger partial charge on any atom is 0.329 e. The molecule has 192 valence electrons. The van der Waals surface area contributed by atoms with E-state index in [1.165, 1.54) is 5.69 Å². The number of nitrogens with zero attached hydrogens (tertiary/aromatic N) is 2. The molecule has 1 aliphatic rings. The summed E-state index contributed by atoms with van der Waals surface area (Å²) in [5.41, 5.74) is 5.48. The molecule has 1 heterocycles. The molecule has 0 radical (unpaired) electrons. The summed E-state index contributed by atoms with van der Waals surface area (Å²) in [5, 5.41) is 14.0. The summed E-state index contributed by atoms with van der Waals surface area (Å²) in [6.45, 7) is 1.78. The number of methoxy groups -OCH3 is 2. The van der Waals surface area contributed by atoms with Crippen molar-refractivity contribution in [2.75, 3.05) is 34.0 Å². The Hall–Kier alpha value is -3.16. The van der Waals surface area contributed by atoms with Gasteiger partial charge in [0, 0.05) is 36.9 Å². The molecule has 0 unspecified atom stereocenters. The summed E-state index contributed by atoms with van der Waals surface area (Å²) in [4.78, 5) is 10.7. The average molecular weight is 493 g/mol. The Kier molecular flexibility index (Phi) is 9.14. The van der Waals surface area contributed by atoms with Crippen LogP contribution in [0.2, 0.25) is 0 Å². The quantitative estimate of drug-likeness (QED) is 0.368. The van der Waals surface area contributed by atoms with E-state index in [2.05, 4.69) is 35.0 Å². The first-order valence-electron chi connectivity index (χ1n) is 12.7. The SMILES string of the molecule is COCCc1c(-c2ccccc2)c(-c2cccc(OC)c2)nn1C[C@H]1CC[C@H](COCC(=O)O)CC1. The first-order valence-corrected chi connectivity index (χ1v) is 12.7. The summed E-state index contributed by atoms with van der Waals surface area (Å²) < 4.78 is 18.5. The molecule has 1 N–H and O–H groups in total. The van der Waals surface area contributed by atoms with Crippen molar-refractivity contribution in [1.29, 1.82) is 0 Å². The highest BCUT2D eigenvalue weighted by atomic mass is 16.5. The van der Waals surface area contributed by atoms with Gasteiger partial charge in [-0.15, -0.1) is 0 Å². The third-order valence-corrected chi connectivity index (χ3v) is 6.98. The molecular weight excluding hydrogens is 456 g/mol. The Balaban J connectivity index is 1.61.